The fourth-order valence-corrected chi connectivity index (χ4v) is 2.37. The molecule has 1 N–H and O–H groups in total. The highest BCUT2D eigenvalue weighted by Gasteiger charge is 2.19. The Morgan fingerprint density at radius 1 is 1.38 bits per heavy atom. The third-order valence-electron chi connectivity index (χ3n) is 2.35. The molecular weight excluding hydrogens is 206 g/mol. The standard InChI is InChI=1S/C8H12ClN3S/c9-6-1-3-7(4-2-6)12-8-10-5-11-13-8/h5-7H,1-4H2,(H,10,11,12). The van der Waals surface area contributed by atoms with Crippen molar-refractivity contribution in [3.8, 4) is 0 Å². The summed E-state index contributed by atoms with van der Waals surface area (Å²) in [6.07, 6.45) is 6.09. The summed E-state index contributed by atoms with van der Waals surface area (Å²) in [7, 11) is 0. The molecule has 0 radical (unpaired) electrons. The molecule has 1 fully saturated rings. The molecule has 13 heavy (non-hydrogen) atoms. The molecule has 0 aromatic carbocycles. The Hall–Kier alpha value is -0.350. The van der Waals surface area contributed by atoms with Gasteiger partial charge in [0.1, 0.15) is 6.33 Å². The predicted octanol–water partition coefficient (Wildman–Crippen LogP) is 2.50. The molecule has 1 saturated carbocycles. The van der Waals surface area contributed by atoms with Crippen LogP contribution in [0.3, 0.4) is 0 Å². The maximum absolute atomic E-state index is 6.01. The summed E-state index contributed by atoms with van der Waals surface area (Å²) in [6.45, 7) is 0. The SMILES string of the molecule is ClC1CCC(Nc2ncns2)CC1. The van der Waals surface area contributed by atoms with E-state index < -0.39 is 0 Å². The van der Waals surface area contributed by atoms with Gasteiger partial charge in [0.25, 0.3) is 0 Å². The molecule has 0 aliphatic heterocycles. The lowest BCUT2D eigenvalue weighted by Gasteiger charge is -2.25. The summed E-state index contributed by atoms with van der Waals surface area (Å²) in [6, 6.07) is 0.544. The van der Waals surface area contributed by atoms with Crippen molar-refractivity contribution in [1.29, 1.82) is 0 Å². The second-order valence-corrected chi connectivity index (χ2v) is 4.74. The minimum atomic E-state index is 0.382. The number of rotatable bonds is 2. The smallest absolute Gasteiger partial charge is 0.202 e. The summed E-state index contributed by atoms with van der Waals surface area (Å²) in [5.41, 5.74) is 0. The van der Waals surface area contributed by atoms with Gasteiger partial charge in [0.15, 0.2) is 0 Å². The molecule has 0 atom stereocenters. The topological polar surface area (TPSA) is 37.8 Å². The van der Waals surface area contributed by atoms with Crippen LogP contribution in [-0.2, 0) is 0 Å². The molecule has 1 aromatic heterocycles. The maximum atomic E-state index is 6.01. The molecule has 1 aliphatic rings. The van der Waals surface area contributed by atoms with Crippen LogP contribution in [0.15, 0.2) is 6.33 Å². The molecule has 0 unspecified atom stereocenters. The third-order valence-corrected chi connectivity index (χ3v) is 3.38. The molecule has 5 heteroatoms. The molecule has 0 saturated heterocycles. The highest BCUT2D eigenvalue weighted by molar-refractivity contribution is 7.09. The maximum Gasteiger partial charge on any atom is 0.202 e. The first-order valence-electron chi connectivity index (χ1n) is 4.52. The van der Waals surface area contributed by atoms with Gasteiger partial charge in [-0.15, -0.1) is 11.6 Å². The number of halogens is 1. The Bertz CT molecular complexity index is 244. The monoisotopic (exact) mass is 217 g/mol. The lowest BCUT2D eigenvalue weighted by Crippen LogP contribution is -2.26. The fraction of sp³-hybridized carbons (Fsp3) is 0.750. The number of anilines is 1. The molecule has 0 amide bonds. The molecule has 0 spiro atoms. The van der Waals surface area contributed by atoms with Gasteiger partial charge < -0.3 is 5.32 Å². The minimum Gasteiger partial charge on any atom is -0.358 e. The predicted molar refractivity (Wildman–Crippen MR) is 55.4 cm³/mol. The minimum absolute atomic E-state index is 0.382. The van der Waals surface area contributed by atoms with Gasteiger partial charge in [-0.2, -0.15) is 4.37 Å². The molecule has 1 aliphatic carbocycles. The molecule has 2 rings (SSSR count). The highest BCUT2D eigenvalue weighted by atomic mass is 35.5. The Labute approximate surface area is 86.7 Å². The Morgan fingerprint density at radius 2 is 2.15 bits per heavy atom. The van der Waals surface area contributed by atoms with Gasteiger partial charge in [-0.3, -0.25) is 0 Å². The average Bonchev–Trinajstić information content (AvgIpc) is 2.62. The van der Waals surface area contributed by atoms with Gasteiger partial charge in [-0.1, -0.05) is 0 Å². The van der Waals surface area contributed by atoms with Crippen molar-refractivity contribution in [2.75, 3.05) is 5.32 Å². The van der Waals surface area contributed by atoms with Gasteiger partial charge in [-0.05, 0) is 25.7 Å². The Kier molecular flexibility index (Phi) is 3.01. The molecule has 72 valence electrons. The van der Waals surface area contributed by atoms with Gasteiger partial charge in [-0.25, -0.2) is 4.98 Å². The van der Waals surface area contributed by atoms with Crippen molar-refractivity contribution in [2.24, 2.45) is 0 Å². The number of nitrogens with one attached hydrogen (secondary N) is 1. The van der Waals surface area contributed by atoms with E-state index in [2.05, 4.69) is 14.7 Å². The van der Waals surface area contributed by atoms with Crippen LogP contribution >= 0.6 is 23.1 Å². The number of alkyl halides is 1. The number of hydrogen-bond donors (Lipinski definition) is 1. The van der Waals surface area contributed by atoms with E-state index in [0.29, 0.717) is 11.4 Å². The number of nitrogens with zero attached hydrogens (tertiary/aromatic N) is 2. The highest BCUT2D eigenvalue weighted by Crippen LogP contribution is 2.25. The molecule has 0 bridgehead atoms. The van der Waals surface area contributed by atoms with Crippen molar-refractivity contribution in [1.82, 2.24) is 9.36 Å². The van der Waals surface area contributed by atoms with E-state index in [4.69, 9.17) is 11.6 Å². The second-order valence-electron chi connectivity index (χ2n) is 3.34. The quantitative estimate of drug-likeness (QED) is 0.774. The van der Waals surface area contributed by atoms with E-state index in [1.807, 2.05) is 0 Å². The van der Waals surface area contributed by atoms with Crippen molar-refractivity contribution >= 4 is 28.3 Å². The van der Waals surface area contributed by atoms with Gasteiger partial charge in [0, 0.05) is 23.0 Å². The van der Waals surface area contributed by atoms with Crippen molar-refractivity contribution in [2.45, 2.75) is 37.1 Å². The van der Waals surface area contributed by atoms with E-state index in [9.17, 15) is 0 Å². The van der Waals surface area contributed by atoms with E-state index in [0.717, 1.165) is 30.8 Å². The van der Waals surface area contributed by atoms with E-state index >= 15 is 0 Å². The zero-order valence-electron chi connectivity index (χ0n) is 7.24. The lowest BCUT2D eigenvalue weighted by molar-refractivity contribution is 0.468. The van der Waals surface area contributed by atoms with Crippen LogP contribution in [0.5, 0.6) is 0 Å². The first-order chi connectivity index (χ1) is 6.34. The zero-order chi connectivity index (χ0) is 9.10. The average molecular weight is 218 g/mol. The molecule has 1 heterocycles. The summed E-state index contributed by atoms with van der Waals surface area (Å²) < 4.78 is 3.94. The van der Waals surface area contributed by atoms with Gasteiger partial charge in [0.2, 0.25) is 5.13 Å². The lowest BCUT2D eigenvalue weighted by atomic mass is 9.95. The summed E-state index contributed by atoms with van der Waals surface area (Å²) in [5.74, 6) is 0. The van der Waals surface area contributed by atoms with E-state index in [1.165, 1.54) is 11.5 Å². The van der Waals surface area contributed by atoms with Crippen LogP contribution in [0.4, 0.5) is 5.13 Å². The van der Waals surface area contributed by atoms with Crippen LogP contribution in [0.25, 0.3) is 0 Å². The zero-order valence-corrected chi connectivity index (χ0v) is 8.81. The van der Waals surface area contributed by atoms with Crippen molar-refractivity contribution < 1.29 is 0 Å². The summed E-state index contributed by atoms with van der Waals surface area (Å²) in [4.78, 5) is 4.09. The Morgan fingerprint density at radius 3 is 2.77 bits per heavy atom. The van der Waals surface area contributed by atoms with Gasteiger partial charge in [0.05, 0.1) is 0 Å². The number of aromatic nitrogens is 2. The first kappa shape index (κ1) is 9.21. The van der Waals surface area contributed by atoms with Crippen LogP contribution in [0.2, 0.25) is 0 Å². The second kappa shape index (κ2) is 4.24. The third kappa shape index (κ3) is 2.54. The van der Waals surface area contributed by atoms with Crippen LogP contribution < -0.4 is 5.32 Å². The molecule has 1 aromatic rings. The summed E-state index contributed by atoms with van der Waals surface area (Å²) in [5, 5.41) is 4.68. The first-order valence-corrected chi connectivity index (χ1v) is 5.73. The van der Waals surface area contributed by atoms with Gasteiger partial charge >= 0.3 is 0 Å². The van der Waals surface area contributed by atoms with Crippen LogP contribution in [0, 0.1) is 0 Å². The Balaban J connectivity index is 1.83. The van der Waals surface area contributed by atoms with Crippen LogP contribution in [0.1, 0.15) is 25.7 Å². The number of hydrogen-bond acceptors (Lipinski definition) is 4. The largest absolute Gasteiger partial charge is 0.358 e. The van der Waals surface area contributed by atoms with Crippen molar-refractivity contribution in [3.05, 3.63) is 6.33 Å². The molecular formula is C8H12ClN3S. The normalized spacial score (nSPS) is 28.7. The fourth-order valence-electron chi connectivity index (χ4n) is 1.61. The van der Waals surface area contributed by atoms with E-state index in [1.54, 1.807) is 6.33 Å². The van der Waals surface area contributed by atoms with Crippen molar-refractivity contribution in [3.63, 3.8) is 0 Å². The van der Waals surface area contributed by atoms with E-state index in [-0.39, 0.29) is 0 Å². The van der Waals surface area contributed by atoms with Crippen LogP contribution in [-0.4, -0.2) is 20.8 Å². The summed E-state index contributed by atoms with van der Waals surface area (Å²) >= 11 is 7.42. The molecule has 3 nitrogen and oxygen atoms in total.